The molecule has 1 N–H and O–H groups in total. The minimum atomic E-state index is -3.65. The molecular formula is C11H17N3O4S. The molecule has 0 aromatic carbocycles. The molecule has 7 nitrogen and oxygen atoms in total. The van der Waals surface area contributed by atoms with E-state index in [2.05, 4.69) is 5.10 Å². The van der Waals surface area contributed by atoms with Crippen LogP contribution < -0.4 is 0 Å². The predicted molar refractivity (Wildman–Crippen MR) is 67.1 cm³/mol. The highest BCUT2D eigenvalue weighted by Gasteiger charge is 2.34. The van der Waals surface area contributed by atoms with Crippen molar-refractivity contribution < 1.29 is 18.3 Å². The number of carboxylic acids is 1. The van der Waals surface area contributed by atoms with E-state index in [-0.39, 0.29) is 11.4 Å². The van der Waals surface area contributed by atoms with Crippen molar-refractivity contribution in [2.75, 3.05) is 13.1 Å². The summed E-state index contributed by atoms with van der Waals surface area (Å²) >= 11 is 0. The molecule has 0 aliphatic carbocycles. The van der Waals surface area contributed by atoms with Crippen LogP contribution in [0.25, 0.3) is 0 Å². The van der Waals surface area contributed by atoms with Gasteiger partial charge in [-0.1, -0.05) is 0 Å². The molecule has 1 aromatic heterocycles. The Labute approximate surface area is 111 Å². The lowest BCUT2D eigenvalue weighted by Crippen LogP contribution is -2.42. The van der Waals surface area contributed by atoms with Crippen molar-refractivity contribution in [3.05, 3.63) is 11.9 Å². The van der Waals surface area contributed by atoms with Gasteiger partial charge in [0.05, 0.1) is 11.6 Å². The molecule has 1 fully saturated rings. The number of carboxylic acid groups (broad SMARTS) is 1. The van der Waals surface area contributed by atoms with Gasteiger partial charge >= 0.3 is 5.97 Å². The fraction of sp³-hybridized carbons (Fsp3) is 0.636. The number of carbonyl (C=O) groups is 1. The molecule has 2 heterocycles. The number of nitrogens with zero attached hydrogens (tertiary/aromatic N) is 3. The van der Waals surface area contributed by atoms with E-state index in [1.165, 1.54) is 15.2 Å². The summed E-state index contributed by atoms with van der Waals surface area (Å²) in [5, 5.41) is 13.0. The first kappa shape index (κ1) is 14.0. The third-order valence-electron chi connectivity index (χ3n) is 3.32. The summed E-state index contributed by atoms with van der Waals surface area (Å²) in [5.41, 5.74) is 0.431. The molecule has 1 aromatic rings. The van der Waals surface area contributed by atoms with Crippen LogP contribution in [0.2, 0.25) is 0 Å². The van der Waals surface area contributed by atoms with Gasteiger partial charge in [0.1, 0.15) is 4.90 Å². The third-order valence-corrected chi connectivity index (χ3v) is 5.29. The number of hydrogen-bond donors (Lipinski definition) is 1. The van der Waals surface area contributed by atoms with Crippen molar-refractivity contribution in [2.45, 2.75) is 24.7 Å². The van der Waals surface area contributed by atoms with Gasteiger partial charge in [-0.2, -0.15) is 9.40 Å². The van der Waals surface area contributed by atoms with E-state index in [1.54, 1.807) is 14.0 Å². The second-order valence-corrected chi connectivity index (χ2v) is 6.70. The normalized spacial score (nSPS) is 21.5. The average Bonchev–Trinajstić information content (AvgIpc) is 2.69. The first-order chi connectivity index (χ1) is 8.82. The maximum Gasteiger partial charge on any atom is 0.307 e. The summed E-state index contributed by atoms with van der Waals surface area (Å²) in [4.78, 5) is 11.2. The number of rotatable bonds is 3. The highest BCUT2D eigenvalue weighted by Crippen LogP contribution is 2.25. The lowest BCUT2D eigenvalue weighted by Gasteiger charge is -2.29. The molecule has 1 aliphatic heterocycles. The van der Waals surface area contributed by atoms with Crippen LogP contribution in [0.1, 0.15) is 18.5 Å². The molecule has 0 unspecified atom stereocenters. The summed E-state index contributed by atoms with van der Waals surface area (Å²) in [5.74, 6) is -1.57. The Balaban J connectivity index is 2.29. The molecule has 0 saturated carbocycles. The van der Waals surface area contributed by atoms with Crippen molar-refractivity contribution in [3.63, 3.8) is 0 Å². The number of aryl methyl sites for hydroxylation is 2. The van der Waals surface area contributed by atoms with Gasteiger partial charge in [-0.25, -0.2) is 8.42 Å². The van der Waals surface area contributed by atoms with E-state index in [9.17, 15) is 13.2 Å². The Morgan fingerprint density at radius 1 is 1.53 bits per heavy atom. The molecule has 1 atom stereocenters. The zero-order valence-electron chi connectivity index (χ0n) is 10.9. The van der Waals surface area contributed by atoms with Crippen LogP contribution in [0.4, 0.5) is 0 Å². The Kier molecular flexibility index (Phi) is 3.64. The molecule has 0 spiro atoms. The minimum Gasteiger partial charge on any atom is -0.481 e. The van der Waals surface area contributed by atoms with Crippen molar-refractivity contribution in [1.82, 2.24) is 14.1 Å². The standard InChI is InChI=1S/C11H17N3O4S/c1-8-10(7-13(2)12-8)19(17,18)14-5-3-4-9(6-14)11(15)16/h7,9H,3-6H2,1-2H3,(H,15,16)/t9-/m0/s1. The summed E-state index contributed by atoms with van der Waals surface area (Å²) in [7, 11) is -2.00. The molecule has 106 valence electrons. The predicted octanol–water partition coefficient (Wildman–Crippen LogP) is 0.214. The quantitative estimate of drug-likeness (QED) is 0.858. The molecule has 19 heavy (non-hydrogen) atoms. The van der Waals surface area contributed by atoms with Gasteiger partial charge in [0.2, 0.25) is 10.0 Å². The first-order valence-corrected chi connectivity index (χ1v) is 7.49. The topological polar surface area (TPSA) is 92.5 Å². The second-order valence-electron chi connectivity index (χ2n) is 4.79. The smallest absolute Gasteiger partial charge is 0.307 e. The SMILES string of the molecule is Cc1nn(C)cc1S(=O)(=O)N1CCC[C@H](C(=O)O)C1. The van der Waals surface area contributed by atoms with Gasteiger partial charge in [0.15, 0.2) is 0 Å². The van der Waals surface area contributed by atoms with Crippen LogP contribution in [0.3, 0.4) is 0 Å². The number of piperidine rings is 1. The van der Waals surface area contributed by atoms with Crippen LogP contribution in [-0.2, 0) is 21.9 Å². The van der Waals surface area contributed by atoms with E-state index in [1.807, 2.05) is 0 Å². The summed E-state index contributed by atoms with van der Waals surface area (Å²) in [6.07, 6.45) is 2.54. The summed E-state index contributed by atoms with van der Waals surface area (Å²) in [6, 6.07) is 0. The Bertz CT molecular complexity index is 593. The minimum absolute atomic E-state index is 0.0337. The van der Waals surface area contributed by atoms with Gasteiger partial charge in [-0.15, -0.1) is 0 Å². The molecule has 0 amide bonds. The van der Waals surface area contributed by atoms with Gasteiger partial charge in [-0.3, -0.25) is 9.48 Å². The molecule has 0 bridgehead atoms. The molecule has 1 aliphatic rings. The highest BCUT2D eigenvalue weighted by atomic mass is 32.2. The number of aliphatic carboxylic acids is 1. The number of sulfonamides is 1. The molecule has 2 rings (SSSR count). The monoisotopic (exact) mass is 287 g/mol. The fourth-order valence-electron chi connectivity index (χ4n) is 2.33. The Morgan fingerprint density at radius 2 is 2.21 bits per heavy atom. The van der Waals surface area contributed by atoms with Gasteiger partial charge in [-0.05, 0) is 19.8 Å². The van der Waals surface area contributed by atoms with E-state index < -0.39 is 21.9 Å². The van der Waals surface area contributed by atoms with Gasteiger partial charge < -0.3 is 5.11 Å². The highest BCUT2D eigenvalue weighted by molar-refractivity contribution is 7.89. The lowest BCUT2D eigenvalue weighted by atomic mass is 10.0. The summed E-state index contributed by atoms with van der Waals surface area (Å²) < 4.78 is 27.6. The second kappa shape index (κ2) is 4.93. The van der Waals surface area contributed by atoms with Crippen LogP contribution in [0.15, 0.2) is 11.1 Å². The van der Waals surface area contributed by atoms with Crippen LogP contribution in [-0.4, -0.2) is 46.7 Å². The largest absolute Gasteiger partial charge is 0.481 e. The molecular weight excluding hydrogens is 270 g/mol. The first-order valence-electron chi connectivity index (χ1n) is 6.05. The average molecular weight is 287 g/mol. The van der Waals surface area contributed by atoms with Crippen LogP contribution in [0, 0.1) is 12.8 Å². The fourth-order valence-corrected chi connectivity index (χ4v) is 4.06. The van der Waals surface area contributed by atoms with Crippen LogP contribution in [0.5, 0.6) is 0 Å². The third kappa shape index (κ3) is 2.64. The van der Waals surface area contributed by atoms with E-state index >= 15 is 0 Å². The number of aromatic nitrogens is 2. The maximum atomic E-state index is 12.5. The number of hydrogen-bond acceptors (Lipinski definition) is 4. The van der Waals surface area contributed by atoms with Gasteiger partial charge in [0, 0.05) is 26.3 Å². The van der Waals surface area contributed by atoms with Crippen LogP contribution >= 0.6 is 0 Å². The van der Waals surface area contributed by atoms with Crippen molar-refractivity contribution in [1.29, 1.82) is 0 Å². The van der Waals surface area contributed by atoms with Gasteiger partial charge in [0.25, 0.3) is 0 Å². The van der Waals surface area contributed by atoms with E-state index in [4.69, 9.17) is 5.11 Å². The summed E-state index contributed by atoms with van der Waals surface area (Å²) in [6.45, 7) is 2.03. The lowest BCUT2D eigenvalue weighted by molar-refractivity contribution is -0.142. The Morgan fingerprint density at radius 3 is 2.74 bits per heavy atom. The van der Waals surface area contributed by atoms with E-state index in [0.717, 1.165) is 0 Å². The Hall–Kier alpha value is -1.41. The molecule has 0 radical (unpaired) electrons. The molecule has 8 heteroatoms. The van der Waals surface area contributed by atoms with Crippen molar-refractivity contribution >= 4 is 16.0 Å². The van der Waals surface area contributed by atoms with Crippen molar-refractivity contribution in [3.8, 4) is 0 Å². The zero-order chi connectivity index (χ0) is 14.2. The maximum absolute atomic E-state index is 12.5. The van der Waals surface area contributed by atoms with Crippen molar-refractivity contribution in [2.24, 2.45) is 13.0 Å². The molecule has 1 saturated heterocycles. The van der Waals surface area contributed by atoms with E-state index in [0.29, 0.717) is 25.1 Å². The zero-order valence-corrected chi connectivity index (χ0v) is 11.7.